The zero-order valence-corrected chi connectivity index (χ0v) is 8.07. The standard InChI is InChI=1S/C10H7N3O3/c11-13-12-9(14)6-5-7-3-1-2-4-8(7)10(15)16/h1-6H,(H,15,16). The zero-order valence-electron chi connectivity index (χ0n) is 8.07. The molecule has 80 valence electrons. The van der Waals surface area contributed by atoms with E-state index in [-0.39, 0.29) is 5.56 Å². The van der Waals surface area contributed by atoms with Crippen LogP contribution in [0.5, 0.6) is 0 Å². The topological polar surface area (TPSA) is 103 Å². The molecule has 0 fully saturated rings. The van der Waals surface area contributed by atoms with Crippen LogP contribution in [-0.2, 0) is 4.79 Å². The smallest absolute Gasteiger partial charge is 0.336 e. The van der Waals surface area contributed by atoms with Gasteiger partial charge in [0, 0.05) is 4.91 Å². The number of amides is 1. The van der Waals surface area contributed by atoms with Gasteiger partial charge in [0.2, 0.25) is 5.91 Å². The number of nitrogens with zero attached hydrogens (tertiary/aromatic N) is 3. The summed E-state index contributed by atoms with van der Waals surface area (Å²) in [5.41, 5.74) is 8.43. The van der Waals surface area contributed by atoms with Crippen molar-refractivity contribution < 1.29 is 14.7 Å². The van der Waals surface area contributed by atoms with Crippen molar-refractivity contribution in [3.63, 3.8) is 0 Å². The molecule has 1 aromatic carbocycles. The Labute approximate surface area is 90.5 Å². The normalized spacial score (nSPS) is 9.75. The van der Waals surface area contributed by atoms with Crippen LogP contribution in [0.15, 0.2) is 35.5 Å². The van der Waals surface area contributed by atoms with E-state index >= 15 is 0 Å². The second kappa shape index (κ2) is 5.33. The van der Waals surface area contributed by atoms with Crippen molar-refractivity contribution in [3.8, 4) is 0 Å². The number of hydrogen-bond acceptors (Lipinski definition) is 2. The molecule has 0 aliphatic heterocycles. The van der Waals surface area contributed by atoms with Crippen molar-refractivity contribution in [2.45, 2.75) is 0 Å². The third-order valence-corrected chi connectivity index (χ3v) is 1.74. The van der Waals surface area contributed by atoms with E-state index in [1.54, 1.807) is 18.2 Å². The minimum absolute atomic E-state index is 0.0764. The molecule has 16 heavy (non-hydrogen) atoms. The fraction of sp³-hybridized carbons (Fsp3) is 0. The highest BCUT2D eigenvalue weighted by atomic mass is 16.4. The van der Waals surface area contributed by atoms with E-state index < -0.39 is 11.9 Å². The van der Waals surface area contributed by atoms with Crippen molar-refractivity contribution in [3.05, 3.63) is 51.9 Å². The molecule has 0 spiro atoms. The molecule has 0 atom stereocenters. The van der Waals surface area contributed by atoms with Crippen LogP contribution in [0.1, 0.15) is 15.9 Å². The SMILES string of the molecule is [N-]=[N+]=NC(=O)C=Cc1ccccc1C(=O)O. The number of benzene rings is 1. The Morgan fingerprint density at radius 1 is 1.38 bits per heavy atom. The van der Waals surface area contributed by atoms with Gasteiger partial charge in [-0.3, -0.25) is 4.79 Å². The number of aromatic carboxylic acids is 1. The lowest BCUT2D eigenvalue weighted by molar-refractivity contribution is -0.113. The molecule has 6 heteroatoms. The highest BCUT2D eigenvalue weighted by Crippen LogP contribution is 2.10. The van der Waals surface area contributed by atoms with Gasteiger partial charge in [-0.2, -0.15) is 0 Å². The van der Waals surface area contributed by atoms with Gasteiger partial charge >= 0.3 is 5.97 Å². The predicted molar refractivity (Wildman–Crippen MR) is 56.6 cm³/mol. The number of hydrogen-bond donors (Lipinski definition) is 1. The Bertz CT molecular complexity index is 502. The van der Waals surface area contributed by atoms with Crippen molar-refractivity contribution >= 4 is 18.0 Å². The van der Waals surface area contributed by atoms with Gasteiger partial charge in [0.1, 0.15) is 0 Å². The van der Waals surface area contributed by atoms with Crippen molar-refractivity contribution in [1.82, 2.24) is 0 Å². The minimum atomic E-state index is -1.09. The third-order valence-electron chi connectivity index (χ3n) is 1.74. The molecular formula is C10H7N3O3. The van der Waals surface area contributed by atoms with E-state index in [1.807, 2.05) is 0 Å². The first-order chi connectivity index (χ1) is 7.65. The molecule has 0 heterocycles. The van der Waals surface area contributed by atoms with Gasteiger partial charge < -0.3 is 5.11 Å². The molecule has 1 N–H and O–H groups in total. The summed E-state index contributed by atoms with van der Waals surface area (Å²) in [6, 6.07) is 6.18. The minimum Gasteiger partial charge on any atom is -0.478 e. The molecule has 1 aromatic rings. The molecule has 0 aliphatic carbocycles. The maximum atomic E-state index is 10.8. The van der Waals surface area contributed by atoms with Gasteiger partial charge in [-0.25, -0.2) is 4.79 Å². The molecular weight excluding hydrogens is 210 g/mol. The summed E-state index contributed by atoms with van der Waals surface area (Å²) in [5.74, 6) is -1.86. The maximum Gasteiger partial charge on any atom is 0.336 e. The van der Waals surface area contributed by atoms with Gasteiger partial charge in [-0.1, -0.05) is 24.3 Å². The number of carboxylic acid groups (broad SMARTS) is 1. The summed E-state index contributed by atoms with van der Waals surface area (Å²) in [4.78, 5) is 23.9. The van der Waals surface area contributed by atoms with Crippen LogP contribution >= 0.6 is 0 Å². The first-order valence-electron chi connectivity index (χ1n) is 4.24. The molecule has 6 nitrogen and oxygen atoms in total. The molecule has 0 unspecified atom stereocenters. The molecule has 0 saturated carbocycles. The molecule has 0 aromatic heterocycles. The van der Waals surface area contributed by atoms with Gasteiger partial charge in [0.25, 0.3) is 0 Å². The lowest BCUT2D eigenvalue weighted by Crippen LogP contribution is -1.98. The fourth-order valence-corrected chi connectivity index (χ4v) is 1.08. The van der Waals surface area contributed by atoms with Crippen LogP contribution < -0.4 is 0 Å². The van der Waals surface area contributed by atoms with E-state index in [2.05, 4.69) is 10.0 Å². The summed E-state index contributed by atoms with van der Waals surface area (Å²) < 4.78 is 0. The summed E-state index contributed by atoms with van der Waals surface area (Å²) in [6.45, 7) is 0. The van der Waals surface area contributed by atoms with Crippen LogP contribution in [-0.4, -0.2) is 17.0 Å². The Morgan fingerprint density at radius 2 is 2.06 bits per heavy atom. The van der Waals surface area contributed by atoms with Crippen LogP contribution in [0.3, 0.4) is 0 Å². The first-order valence-corrected chi connectivity index (χ1v) is 4.24. The molecule has 1 amide bonds. The highest BCUT2D eigenvalue weighted by molar-refractivity contribution is 5.96. The van der Waals surface area contributed by atoms with Crippen LogP contribution in [0, 0.1) is 0 Å². The van der Waals surface area contributed by atoms with Gasteiger partial charge in [0.05, 0.1) is 5.56 Å². The van der Waals surface area contributed by atoms with E-state index in [1.165, 1.54) is 12.1 Å². The number of carbonyl (C=O) groups is 2. The van der Waals surface area contributed by atoms with Crippen molar-refractivity contribution in [2.75, 3.05) is 0 Å². The summed E-state index contributed by atoms with van der Waals surface area (Å²) in [6.07, 6.45) is 2.31. The number of rotatable bonds is 3. The fourth-order valence-electron chi connectivity index (χ4n) is 1.08. The molecule has 0 radical (unpaired) electrons. The average molecular weight is 217 g/mol. The molecule has 1 rings (SSSR count). The monoisotopic (exact) mass is 217 g/mol. The Morgan fingerprint density at radius 3 is 2.69 bits per heavy atom. The molecule has 0 bridgehead atoms. The average Bonchev–Trinajstić information content (AvgIpc) is 2.27. The quantitative estimate of drug-likeness (QED) is 0.363. The van der Waals surface area contributed by atoms with E-state index in [4.69, 9.17) is 10.6 Å². The van der Waals surface area contributed by atoms with Crippen molar-refractivity contribution in [1.29, 1.82) is 0 Å². The summed E-state index contributed by atoms with van der Waals surface area (Å²) >= 11 is 0. The Hall–Kier alpha value is -2.59. The lowest BCUT2D eigenvalue weighted by atomic mass is 10.1. The maximum absolute atomic E-state index is 10.8. The van der Waals surface area contributed by atoms with E-state index in [0.717, 1.165) is 6.08 Å². The number of azide groups is 1. The largest absolute Gasteiger partial charge is 0.478 e. The van der Waals surface area contributed by atoms with Gasteiger partial charge in [-0.15, -0.1) is 0 Å². The van der Waals surface area contributed by atoms with E-state index in [0.29, 0.717) is 5.56 Å². The Balaban J connectivity index is 3.01. The second-order valence-corrected chi connectivity index (χ2v) is 2.75. The van der Waals surface area contributed by atoms with Crippen molar-refractivity contribution in [2.24, 2.45) is 5.11 Å². The highest BCUT2D eigenvalue weighted by Gasteiger charge is 2.05. The molecule has 0 saturated heterocycles. The number of carbonyl (C=O) groups excluding carboxylic acids is 1. The predicted octanol–water partition coefficient (Wildman–Crippen LogP) is 2.23. The summed E-state index contributed by atoms with van der Waals surface area (Å²) in [5, 5.41) is 11.7. The molecule has 0 aliphatic rings. The zero-order chi connectivity index (χ0) is 12.0. The second-order valence-electron chi connectivity index (χ2n) is 2.75. The third kappa shape index (κ3) is 2.97. The number of carboxylic acids is 1. The van der Waals surface area contributed by atoms with Gasteiger partial charge in [-0.05, 0) is 28.4 Å². The summed E-state index contributed by atoms with van der Waals surface area (Å²) in [7, 11) is 0. The first kappa shape index (κ1) is 11.5. The van der Waals surface area contributed by atoms with E-state index in [9.17, 15) is 9.59 Å². The lowest BCUT2D eigenvalue weighted by Gasteiger charge is -1.98. The van der Waals surface area contributed by atoms with Crippen LogP contribution in [0.4, 0.5) is 0 Å². The van der Waals surface area contributed by atoms with Gasteiger partial charge in [0.15, 0.2) is 0 Å². The Kier molecular flexibility index (Phi) is 3.83. The van der Waals surface area contributed by atoms with Crippen LogP contribution in [0.2, 0.25) is 0 Å². The van der Waals surface area contributed by atoms with Crippen LogP contribution in [0.25, 0.3) is 16.5 Å².